The van der Waals surface area contributed by atoms with Crippen LogP contribution in [0.3, 0.4) is 0 Å². The van der Waals surface area contributed by atoms with Gasteiger partial charge in [-0.1, -0.05) is 0 Å². The predicted molar refractivity (Wildman–Crippen MR) is 98.9 cm³/mol. The maximum absolute atomic E-state index is 13.6. The van der Waals surface area contributed by atoms with E-state index >= 15 is 0 Å². The summed E-state index contributed by atoms with van der Waals surface area (Å²) >= 11 is 0. The zero-order valence-corrected chi connectivity index (χ0v) is 15.8. The molecule has 1 aromatic carbocycles. The van der Waals surface area contributed by atoms with Crippen LogP contribution in [0.4, 0.5) is 17.6 Å². The minimum absolute atomic E-state index is 0.0352. The van der Waals surface area contributed by atoms with Crippen LogP contribution in [0.1, 0.15) is 22.5 Å². The van der Waals surface area contributed by atoms with Gasteiger partial charge in [-0.3, -0.25) is 4.79 Å². The van der Waals surface area contributed by atoms with Crippen molar-refractivity contribution in [1.29, 1.82) is 0 Å². The first-order valence-corrected chi connectivity index (χ1v) is 8.81. The summed E-state index contributed by atoms with van der Waals surface area (Å²) in [4.78, 5) is 18.6. The lowest BCUT2D eigenvalue weighted by Crippen LogP contribution is -2.27. The van der Waals surface area contributed by atoms with Gasteiger partial charge in [-0.15, -0.1) is 0 Å². The van der Waals surface area contributed by atoms with Crippen molar-refractivity contribution < 1.29 is 22.4 Å². The number of halogens is 4. The minimum atomic E-state index is -4.72. The summed E-state index contributed by atoms with van der Waals surface area (Å²) in [6.07, 6.45) is -2.98. The van der Waals surface area contributed by atoms with Crippen LogP contribution in [0.2, 0.25) is 0 Å². The number of aromatic nitrogens is 3. The van der Waals surface area contributed by atoms with Gasteiger partial charge in [0.15, 0.2) is 11.3 Å². The zero-order chi connectivity index (χ0) is 21.2. The second kappa shape index (κ2) is 8.16. The van der Waals surface area contributed by atoms with Crippen molar-refractivity contribution >= 4 is 11.6 Å². The van der Waals surface area contributed by atoms with Crippen molar-refractivity contribution in [2.24, 2.45) is 0 Å². The highest BCUT2D eigenvalue weighted by Crippen LogP contribution is 2.32. The first kappa shape index (κ1) is 20.7. The van der Waals surface area contributed by atoms with Gasteiger partial charge in [-0.25, -0.2) is 13.9 Å². The fourth-order valence-corrected chi connectivity index (χ4v) is 2.79. The summed E-state index contributed by atoms with van der Waals surface area (Å²) in [7, 11) is 3.79. The van der Waals surface area contributed by atoms with Crippen LogP contribution in [0, 0.1) is 5.82 Å². The molecule has 6 nitrogen and oxygen atoms in total. The monoisotopic (exact) mass is 409 g/mol. The molecule has 0 saturated heterocycles. The van der Waals surface area contributed by atoms with E-state index in [4.69, 9.17) is 0 Å². The van der Waals surface area contributed by atoms with Crippen molar-refractivity contribution in [3.8, 4) is 11.3 Å². The van der Waals surface area contributed by atoms with Gasteiger partial charge < -0.3 is 10.2 Å². The molecule has 0 fully saturated rings. The third-order valence-electron chi connectivity index (χ3n) is 4.21. The Balaban J connectivity index is 2.01. The van der Waals surface area contributed by atoms with Crippen LogP contribution >= 0.6 is 0 Å². The smallest absolute Gasteiger partial charge is 0.352 e. The topological polar surface area (TPSA) is 62.5 Å². The summed E-state index contributed by atoms with van der Waals surface area (Å²) in [5, 5.41) is 6.38. The number of nitrogens with one attached hydrogen (secondary N) is 1. The highest BCUT2D eigenvalue weighted by molar-refractivity contribution is 5.99. The number of carbonyl (C=O) groups is 1. The van der Waals surface area contributed by atoms with Gasteiger partial charge in [-0.2, -0.15) is 18.3 Å². The minimum Gasteiger partial charge on any atom is -0.352 e. The summed E-state index contributed by atoms with van der Waals surface area (Å²) in [5.74, 6) is -1.08. The number of benzene rings is 1. The van der Waals surface area contributed by atoms with E-state index in [0.29, 0.717) is 17.5 Å². The number of alkyl halides is 3. The number of fused-ring (bicyclic) bond motifs is 1. The van der Waals surface area contributed by atoms with Gasteiger partial charge in [0.2, 0.25) is 0 Å². The maximum Gasteiger partial charge on any atom is 0.433 e. The molecule has 0 aliphatic heterocycles. The molecule has 10 heteroatoms. The lowest BCUT2D eigenvalue weighted by molar-refractivity contribution is -0.142. The van der Waals surface area contributed by atoms with Crippen LogP contribution in [-0.2, 0) is 6.18 Å². The summed E-state index contributed by atoms with van der Waals surface area (Å²) < 4.78 is 54.4. The number of hydrogen-bond acceptors (Lipinski definition) is 4. The Bertz CT molecular complexity index is 1010. The van der Waals surface area contributed by atoms with Gasteiger partial charge in [0.25, 0.3) is 5.91 Å². The van der Waals surface area contributed by atoms with Crippen LogP contribution in [0.5, 0.6) is 0 Å². The molecular formula is C19H19F4N5O. The molecule has 0 saturated carbocycles. The Morgan fingerprint density at radius 3 is 2.52 bits per heavy atom. The lowest BCUT2D eigenvalue weighted by Gasteiger charge is -2.12. The Kier molecular flexibility index (Phi) is 5.83. The van der Waals surface area contributed by atoms with E-state index in [-0.39, 0.29) is 22.5 Å². The Labute approximate surface area is 164 Å². The molecular weight excluding hydrogens is 390 g/mol. The number of rotatable bonds is 6. The second-order valence-corrected chi connectivity index (χ2v) is 6.74. The fourth-order valence-electron chi connectivity index (χ4n) is 2.79. The van der Waals surface area contributed by atoms with Gasteiger partial charge in [0.05, 0.1) is 11.9 Å². The SMILES string of the molecule is CN(C)CCCNC(=O)c1cnn2c(C(F)(F)F)cc(-c3ccc(F)cc3)nc12. The van der Waals surface area contributed by atoms with Gasteiger partial charge >= 0.3 is 6.18 Å². The van der Waals surface area contributed by atoms with Crippen molar-refractivity contribution in [1.82, 2.24) is 24.8 Å². The molecule has 3 aromatic rings. The molecule has 154 valence electrons. The van der Waals surface area contributed by atoms with Crippen LogP contribution in [0.15, 0.2) is 36.5 Å². The largest absolute Gasteiger partial charge is 0.433 e. The first-order chi connectivity index (χ1) is 13.7. The number of hydrogen-bond donors (Lipinski definition) is 1. The van der Waals surface area contributed by atoms with Crippen LogP contribution < -0.4 is 5.32 Å². The fraction of sp³-hybridized carbons (Fsp3) is 0.316. The second-order valence-electron chi connectivity index (χ2n) is 6.74. The number of carbonyl (C=O) groups excluding carboxylic acids is 1. The molecule has 2 heterocycles. The average Bonchev–Trinajstić information content (AvgIpc) is 3.08. The highest BCUT2D eigenvalue weighted by atomic mass is 19.4. The van der Waals surface area contributed by atoms with E-state index in [0.717, 1.165) is 30.9 Å². The maximum atomic E-state index is 13.6. The molecule has 2 aromatic heterocycles. The van der Waals surface area contributed by atoms with Crippen LogP contribution in [-0.4, -0.2) is 52.6 Å². The molecule has 1 amide bonds. The third kappa shape index (κ3) is 4.70. The van der Waals surface area contributed by atoms with Crippen molar-refractivity contribution in [2.75, 3.05) is 27.2 Å². The number of amides is 1. The molecule has 0 bridgehead atoms. The highest BCUT2D eigenvalue weighted by Gasteiger charge is 2.36. The van der Waals surface area contributed by atoms with E-state index in [1.807, 2.05) is 19.0 Å². The van der Waals surface area contributed by atoms with Crippen molar-refractivity contribution in [3.05, 3.63) is 53.6 Å². The molecule has 3 rings (SSSR count). The van der Waals surface area contributed by atoms with E-state index in [1.165, 1.54) is 12.1 Å². The summed E-state index contributed by atoms with van der Waals surface area (Å²) in [5.41, 5.74) is -1.10. The Morgan fingerprint density at radius 1 is 1.21 bits per heavy atom. The predicted octanol–water partition coefficient (Wildman–Crippen LogP) is 3.24. The molecule has 0 aliphatic rings. The molecule has 0 atom stereocenters. The summed E-state index contributed by atoms with van der Waals surface area (Å²) in [6, 6.07) is 5.73. The number of nitrogens with zero attached hydrogens (tertiary/aromatic N) is 4. The van der Waals surface area contributed by atoms with Gasteiger partial charge in [0.1, 0.15) is 11.4 Å². The lowest BCUT2D eigenvalue weighted by atomic mass is 10.1. The average molecular weight is 409 g/mol. The van der Waals surface area contributed by atoms with Crippen molar-refractivity contribution in [2.45, 2.75) is 12.6 Å². The Hall–Kier alpha value is -3.01. The van der Waals surface area contributed by atoms with Crippen LogP contribution in [0.25, 0.3) is 16.9 Å². The molecule has 0 aliphatic carbocycles. The molecule has 29 heavy (non-hydrogen) atoms. The zero-order valence-electron chi connectivity index (χ0n) is 15.8. The van der Waals surface area contributed by atoms with E-state index < -0.39 is 23.6 Å². The van der Waals surface area contributed by atoms with E-state index in [9.17, 15) is 22.4 Å². The van der Waals surface area contributed by atoms with Gasteiger partial charge in [-0.05, 0) is 57.4 Å². The van der Waals surface area contributed by atoms with E-state index in [2.05, 4.69) is 15.4 Å². The standard InChI is InChI=1S/C19H19F4N5O/c1-27(2)9-3-8-24-18(29)14-11-25-28-16(19(21,22)23)10-15(26-17(14)28)12-4-6-13(20)7-5-12/h4-7,10-11H,3,8-9H2,1-2H3,(H,24,29). The first-order valence-electron chi connectivity index (χ1n) is 8.81. The third-order valence-corrected chi connectivity index (χ3v) is 4.21. The van der Waals surface area contributed by atoms with E-state index in [1.54, 1.807) is 0 Å². The molecule has 0 spiro atoms. The quantitative estimate of drug-likeness (QED) is 0.502. The molecule has 0 unspecified atom stereocenters. The molecule has 0 radical (unpaired) electrons. The molecule has 1 N–H and O–H groups in total. The normalized spacial score (nSPS) is 12.0. The Morgan fingerprint density at radius 2 is 1.90 bits per heavy atom. The summed E-state index contributed by atoms with van der Waals surface area (Å²) in [6.45, 7) is 1.11. The van der Waals surface area contributed by atoms with Gasteiger partial charge in [0, 0.05) is 12.1 Å². The van der Waals surface area contributed by atoms with Crippen molar-refractivity contribution in [3.63, 3.8) is 0 Å².